The van der Waals surface area contributed by atoms with Crippen LogP contribution in [0.4, 0.5) is 17.2 Å². The van der Waals surface area contributed by atoms with Crippen LogP contribution >= 0.6 is 0 Å². The molecule has 0 aliphatic rings. The van der Waals surface area contributed by atoms with E-state index in [0.29, 0.717) is 5.82 Å². The number of carboxylic acids is 1. The highest BCUT2D eigenvalue weighted by Gasteiger charge is 2.06. The third-order valence-electron chi connectivity index (χ3n) is 2.51. The van der Waals surface area contributed by atoms with Crippen molar-refractivity contribution < 1.29 is 9.90 Å². The zero-order chi connectivity index (χ0) is 13.8. The van der Waals surface area contributed by atoms with Crippen LogP contribution < -0.4 is 10.2 Å². The Hall–Kier alpha value is -2.63. The van der Waals surface area contributed by atoms with Gasteiger partial charge in [-0.3, -0.25) is 4.98 Å². The van der Waals surface area contributed by atoms with Crippen molar-refractivity contribution in [3.63, 3.8) is 0 Å². The molecule has 0 bridgehead atoms. The number of nitrogens with one attached hydrogen (secondary N) is 1. The Bertz CT molecular complexity index is 581. The molecule has 0 saturated carbocycles. The van der Waals surface area contributed by atoms with E-state index in [4.69, 9.17) is 5.11 Å². The molecule has 6 heteroatoms. The molecule has 0 amide bonds. The third-order valence-corrected chi connectivity index (χ3v) is 2.51. The first-order valence-electron chi connectivity index (χ1n) is 5.66. The Morgan fingerprint density at radius 1 is 1.21 bits per heavy atom. The minimum atomic E-state index is -1.10. The Balaban J connectivity index is 2.16. The topological polar surface area (TPSA) is 78.4 Å². The molecule has 2 rings (SSSR count). The van der Waals surface area contributed by atoms with Crippen molar-refractivity contribution in [1.82, 2.24) is 9.97 Å². The van der Waals surface area contributed by atoms with Crippen LogP contribution in [0.2, 0.25) is 0 Å². The van der Waals surface area contributed by atoms with Crippen molar-refractivity contribution in [2.75, 3.05) is 24.3 Å². The van der Waals surface area contributed by atoms with Gasteiger partial charge in [-0.25, -0.2) is 9.78 Å². The van der Waals surface area contributed by atoms with E-state index in [-0.39, 0.29) is 5.69 Å². The molecule has 19 heavy (non-hydrogen) atoms. The van der Waals surface area contributed by atoms with Crippen LogP contribution in [0.5, 0.6) is 0 Å². The standard InChI is InChI=1S/C13H14N4O2/c1-17(2)10-5-3-9(4-6-10)15-12-8-14-7-11(16-12)13(18)19/h3-8H,1-2H3,(H,15,16)(H,18,19). The lowest BCUT2D eigenvalue weighted by Gasteiger charge is -2.13. The van der Waals surface area contributed by atoms with E-state index in [0.717, 1.165) is 11.4 Å². The molecule has 98 valence electrons. The van der Waals surface area contributed by atoms with Crippen LogP contribution in [-0.4, -0.2) is 35.1 Å². The molecule has 1 heterocycles. The highest BCUT2D eigenvalue weighted by atomic mass is 16.4. The van der Waals surface area contributed by atoms with E-state index in [9.17, 15) is 4.79 Å². The van der Waals surface area contributed by atoms with Gasteiger partial charge >= 0.3 is 5.97 Å². The van der Waals surface area contributed by atoms with E-state index in [2.05, 4.69) is 15.3 Å². The number of hydrogen-bond acceptors (Lipinski definition) is 5. The van der Waals surface area contributed by atoms with Gasteiger partial charge in [0.1, 0.15) is 5.82 Å². The Labute approximate surface area is 110 Å². The van der Waals surface area contributed by atoms with Gasteiger partial charge in [-0.1, -0.05) is 0 Å². The fraction of sp³-hybridized carbons (Fsp3) is 0.154. The van der Waals surface area contributed by atoms with Gasteiger partial charge in [0.15, 0.2) is 5.69 Å². The van der Waals surface area contributed by atoms with E-state index in [1.807, 2.05) is 43.3 Å². The van der Waals surface area contributed by atoms with Crippen LogP contribution in [0.15, 0.2) is 36.7 Å². The first kappa shape index (κ1) is 12.8. The Morgan fingerprint density at radius 3 is 2.47 bits per heavy atom. The number of rotatable bonds is 4. The van der Waals surface area contributed by atoms with Gasteiger partial charge in [-0.05, 0) is 24.3 Å². The molecule has 0 fully saturated rings. The fourth-order valence-corrected chi connectivity index (χ4v) is 1.52. The lowest BCUT2D eigenvalue weighted by Crippen LogP contribution is -2.08. The molecule has 0 aliphatic heterocycles. The van der Waals surface area contributed by atoms with Gasteiger partial charge in [0.25, 0.3) is 0 Å². The summed E-state index contributed by atoms with van der Waals surface area (Å²) in [5.74, 6) is -0.698. The minimum Gasteiger partial charge on any atom is -0.476 e. The smallest absolute Gasteiger partial charge is 0.356 e. The van der Waals surface area contributed by atoms with Gasteiger partial charge in [-0.2, -0.15) is 0 Å². The van der Waals surface area contributed by atoms with Crippen LogP contribution in [0.1, 0.15) is 10.5 Å². The van der Waals surface area contributed by atoms with Crippen molar-refractivity contribution in [2.45, 2.75) is 0 Å². The van der Waals surface area contributed by atoms with Crippen LogP contribution in [0.3, 0.4) is 0 Å². The van der Waals surface area contributed by atoms with E-state index in [1.54, 1.807) is 0 Å². The number of anilines is 3. The van der Waals surface area contributed by atoms with Crippen molar-refractivity contribution in [2.24, 2.45) is 0 Å². The molecule has 0 spiro atoms. The zero-order valence-corrected chi connectivity index (χ0v) is 10.7. The quantitative estimate of drug-likeness (QED) is 0.873. The van der Waals surface area contributed by atoms with Gasteiger partial charge in [0.05, 0.1) is 12.4 Å². The highest BCUT2D eigenvalue weighted by Crippen LogP contribution is 2.18. The number of hydrogen-bond donors (Lipinski definition) is 2. The maximum atomic E-state index is 10.8. The van der Waals surface area contributed by atoms with Crippen molar-refractivity contribution in [3.05, 3.63) is 42.4 Å². The molecule has 0 atom stereocenters. The molecule has 2 N–H and O–H groups in total. The minimum absolute atomic E-state index is 0.0880. The summed E-state index contributed by atoms with van der Waals surface area (Å²) in [7, 11) is 3.93. The average Bonchev–Trinajstić information content (AvgIpc) is 2.39. The molecule has 1 aromatic heterocycles. The maximum Gasteiger partial charge on any atom is 0.356 e. The molecule has 6 nitrogen and oxygen atoms in total. The zero-order valence-electron chi connectivity index (χ0n) is 10.7. The molecule has 0 radical (unpaired) electrons. The maximum absolute atomic E-state index is 10.8. The number of nitrogens with zero attached hydrogens (tertiary/aromatic N) is 3. The third kappa shape index (κ3) is 3.19. The number of benzene rings is 1. The molecule has 1 aromatic carbocycles. The predicted octanol–water partition coefficient (Wildman–Crippen LogP) is 1.98. The number of carboxylic acid groups (broad SMARTS) is 1. The molecule has 0 unspecified atom stereocenters. The summed E-state index contributed by atoms with van der Waals surface area (Å²) in [6.07, 6.45) is 2.69. The summed E-state index contributed by atoms with van der Waals surface area (Å²) in [6.45, 7) is 0. The summed E-state index contributed by atoms with van der Waals surface area (Å²) < 4.78 is 0. The van der Waals surface area contributed by atoms with Gasteiger partial charge in [-0.15, -0.1) is 0 Å². The summed E-state index contributed by atoms with van der Waals surface area (Å²) in [6, 6.07) is 7.70. The largest absolute Gasteiger partial charge is 0.476 e. The molecule has 0 saturated heterocycles. The molecular formula is C13H14N4O2. The van der Waals surface area contributed by atoms with Crippen LogP contribution in [0.25, 0.3) is 0 Å². The van der Waals surface area contributed by atoms with Gasteiger partial charge in [0.2, 0.25) is 0 Å². The second-order valence-electron chi connectivity index (χ2n) is 4.16. The highest BCUT2D eigenvalue weighted by molar-refractivity contribution is 5.85. The molecular weight excluding hydrogens is 244 g/mol. The summed E-state index contributed by atoms with van der Waals surface area (Å²) >= 11 is 0. The first-order chi connectivity index (χ1) is 9.06. The molecule has 2 aromatic rings. The monoisotopic (exact) mass is 258 g/mol. The first-order valence-corrected chi connectivity index (χ1v) is 5.66. The van der Waals surface area contributed by atoms with Gasteiger partial charge in [0, 0.05) is 25.5 Å². The summed E-state index contributed by atoms with van der Waals surface area (Å²) in [5.41, 5.74) is 1.81. The van der Waals surface area contributed by atoms with E-state index in [1.165, 1.54) is 12.4 Å². The number of aromatic carboxylic acids is 1. The van der Waals surface area contributed by atoms with Gasteiger partial charge < -0.3 is 15.3 Å². The SMILES string of the molecule is CN(C)c1ccc(Nc2cncc(C(=O)O)n2)cc1. The normalized spacial score (nSPS) is 10.0. The number of aromatic nitrogens is 2. The summed E-state index contributed by atoms with van der Waals surface area (Å²) in [5, 5.41) is 11.8. The van der Waals surface area contributed by atoms with Crippen molar-refractivity contribution >= 4 is 23.2 Å². The summed E-state index contributed by atoms with van der Waals surface area (Å²) in [4.78, 5) is 20.6. The Morgan fingerprint density at radius 2 is 1.89 bits per heavy atom. The average molecular weight is 258 g/mol. The van der Waals surface area contributed by atoms with Crippen LogP contribution in [-0.2, 0) is 0 Å². The van der Waals surface area contributed by atoms with Crippen molar-refractivity contribution in [1.29, 1.82) is 0 Å². The second kappa shape index (κ2) is 5.34. The fourth-order valence-electron chi connectivity index (χ4n) is 1.52. The molecule has 0 aliphatic carbocycles. The predicted molar refractivity (Wildman–Crippen MR) is 73.0 cm³/mol. The number of carbonyl (C=O) groups is 1. The van der Waals surface area contributed by atoms with Crippen LogP contribution in [0, 0.1) is 0 Å². The van der Waals surface area contributed by atoms with E-state index < -0.39 is 5.97 Å². The van der Waals surface area contributed by atoms with Crippen molar-refractivity contribution in [3.8, 4) is 0 Å². The second-order valence-corrected chi connectivity index (χ2v) is 4.16. The lowest BCUT2D eigenvalue weighted by molar-refractivity contribution is 0.0690. The lowest BCUT2D eigenvalue weighted by atomic mass is 10.2. The Kier molecular flexibility index (Phi) is 3.61. The van der Waals surface area contributed by atoms with E-state index >= 15 is 0 Å².